The molecular formula is C25H34O5. The van der Waals surface area contributed by atoms with Crippen LogP contribution in [-0.4, -0.2) is 38.8 Å². The first-order valence-corrected chi connectivity index (χ1v) is 10.4. The van der Waals surface area contributed by atoms with Crippen molar-refractivity contribution in [3.63, 3.8) is 0 Å². The van der Waals surface area contributed by atoms with Crippen LogP contribution < -0.4 is 14.2 Å². The molecule has 5 heteroatoms. The Balaban J connectivity index is 1.92. The lowest BCUT2D eigenvalue weighted by molar-refractivity contribution is -0.120. The summed E-state index contributed by atoms with van der Waals surface area (Å²) in [5.41, 5.74) is 2.33. The molecule has 0 radical (unpaired) electrons. The van der Waals surface area contributed by atoms with Crippen molar-refractivity contribution in [2.75, 3.05) is 20.3 Å². The molecule has 2 aromatic carbocycles. The predicted octanol–water partition coefficient (Wildman–Crippen LogP) is 4.99. The van der Waals surface area contributed by atoms with Gasteiger partial charge in [-0.15, -0.1) is 0 Å². The third-order valence-corrected chi connectivity index (χ3v) is 4.59. The van der Waals surface area contributed by atoms with E-state index < -0.39 is 6.10 Å². The Morgan fingerprint density at radius 1 is 0.933 bits per heavy atom. The van der Waals surface area contributed by atoms with Gasteiger partial charge >= 0.3 is 0 Å². The number of ether oxygens (including phenoxy) is 4. The lowest BCUT2D eigenvalue weighted by Gasteiger charge is -2.19. The molecule has 0 aromatic heterocycles. The third kappa shape index (κ3) is 7.38. The van der Waals surface area contributed by atoms with E-state index in [2.05, 4.69) is 32.9 Å². The molecule has 0 saturated heterocycles. The van der Waals surface area contributed by atoms with Gasteiger partial charge in [-0.3, -0.25) is 0 Å². The van der Waals surface area contributed by atoms with Crippen LogP contribution in [0.1, 0.15) is 45.7 Å². The van der Waals surface area contributed by atoms with Gasteiger partial charge in [0.25, 0.3) is 0 Å². The van der Waals surface area contributed by atoms with E-state index in [1.165, 1.54) is 5.56 Å². The number of carbonyl (C=O) groups excluding carboxylic acids is 1. The molecule has 1 unspecified atom stereocenters. The highest BCUT2D eigenvalue weighted by molar-refractivity contribution is 5.57. The van der Waals surface area contributed by atoms with Crippen molar-refractivity contribution < 1.29 is 23.7 Å². The largest absolute Gasteiger partial charge is 0.493 e. The maximum absolute atomic E-state index is 11.3. The van der Waals surface area contributed by atoms with Gasteiger partial charge in [0.2, 0.25) is 0 Å². The predicted molar refractivity (Wildman–Crippen MR) is 119 cm³/mol. The molecule has 0 fully saturated rings. The molecule has 0 heterocycles. The summed E-state index contributed by atoms with van der Waals surface area (Å²) < 4.78 is 22.7. The van der Waals surface area contributed by atoms with E-state index in [0.29, 0.717) is 31.1 Å². The maximum atomic E-state index is 11.3. The molecule has 0 amide bonds. The summed E-state index contributed by atoms with van der Waals surface area (Å²) in [5, 5.41) is 0. The molecule has 0 aliphatic carbocycles. The minimum atomic E-state index is -0.481. The van der Waals surface area contributed by atoms with E-state index in [1.807, 2.05) is 44.2 Å². The van der Waals surface area contributed by atoms with E-state index in [-0.39, 0.29) is 11.5 Å². The molecule has 0 aliphatic rings. The van der Waals surface area contributed by atoms with Crippen LogP contribution in [0.15, 0.2) is 42.5 Å². The van der Waals surface area contributed by atoms with Crippen LogP contribution in [0.2, 0.25) is 0 Å². The van der Waals surface area contributed by atoms with Crippen LogP contribution in [0, 0.1) is 0 Å². The van der Waals surface area contributed by atoms with Gasteiger partial charge in [0.05, 0.1) is 13.2 Å². The zero-order chi connectivity index (χ0) is 22.1. The third-order valence-electron chi connectivity index (χ3n) is 4.59. The molecule has 5 nitrogen and oxygen atoms in total. The summed E-state index contributed by atoms with van der Waals surface area (Å²) in [7, 11) is 1.60. The zero-order valence-electron chi connectivity index (χ0n) is 18.9. The second-order valence-electron chi connectivity index (χ2n) is 8.52. The average Bonchev–Trinajstić information content (AvgIpc) is 2.70. The fourth-order valence-electron chi connectivity index (χ4n) is 3.03. The number of hydrogen-bond donors (Lipinski definition) is 0. The van der Waals surface area contributed by atoms with Crippen molar-refractivity contribution in [1.29, 1.82) is 0 Å². The molecule has 1 atom stereocenters. The fraction of sp³-hybridized carbons (Fsp3) is 0.480. The fourth-order valence-corrected chi connectivity index (χ4v) is 3.03. The molecular weight excluding hydrogens is 380 g/mol. The summed E-state index contributed by atoms with van der Waals surface area (Å²) in [5.74, 6) is 2.07. The van der Waals surface area contributed by atoms with Gasteiger partial charge < -0.3 is 23.7 Å². The smallest absolute Gasteiger partial charge is 0.161 e. The topological polar surface area (TPSA) is 54.0 Å². The first kappa shape index (κ1) is 23.7. The van der Waals surface area contributed by atoms with Crippen LogP contribution in [0.3, 0.4) is 0 Å². The Hall–Kier alpha value is -2.53. The summed E-state index contributed by atoms with van der Waals surface area (Å²) in [6, 6.07) is 13.8. The van der Waals surface area contributed by atoms with Crippen molar-refractivity contribution in [3.8, 4) is 17.2 Å². The van der Waals surface area contributed by atoms with Crippen LogP contribution in [-0.2, 0) is 21.4 Å². The molecule has 2 aromatic rings. The molecule has 0 saturated carbocycles. The van der Waals surface area contributed by atoms with Gasteiger partial charge in [-0.05, 0) is 54.7 Å². The van der Waals surface area contributed by atoms with Crippen LogP contribution in [0.25, 0.3) is 0 Å². The minimum Gasteiger partial charge on any atom is -0.493 e. The quantitative estimate of drug-likeness (QED) is 0.383. The van der Waals surface area contributed by atoms with Gasteiger partial charge in [0.1, 0.15) is 31.4 Å². The van der Waals surface area contributed by atoms with Gasteiger partial charge in [-0.1, -0.05) is 39.0 Å². The summed E-state index contributed by atoms with van der Waals surface area (Å²) in [4.78, 5) is 11.3. The Kier molecular flexibility index (Phi) is 8.72. The van der Waals surface area contributed by atoms with Crippen molar-refractivity contribution in [2.24, 2.45) is 0 Å². The number of methoxy groups -OCH3 is 1. The molecule has 2 rings (SSSR count). The van der Waals surface area contributed by atoms with E-state index in [9.17, 15) is 4.79 Å². The van der Waals surface area contributed by atoms with Crippen molar-refractivity contribution in [3.05, 3.63) is 53.6 Å². The minimum absolute atomic E-state index is 0.0104. The van der Waals surface area contributed by atoms with Crippen LogP contribution >= 0.6 is 0 Å². The Bertz CT molecular complexity index is 790. The lowest BCUT2D eigenvalue weighted by Crippen LogP contribution is -2.21. The van der Waals surface area contributed by atoms with Gasteiger partial charge in [-0.25, -0.2) is 0 Å². The summed E-state index contributed by atoms with van der Waals surface area (Å²) in [6.07, 6.45) is 0.830. The highest BCUT2D eigenvalue weighted by Crippen LogP contribution is 2.29. The summed E-state index contributed by atoms with van der Waals surface area (Å²) in [6.45, 7) is 11.2. The number of hydrogen-bond acceptors (Lipinski definition) is 5. The SMILES string of the molecule is COc1ccc(CC(C=O)OC(C)C)cc1OCCOc1ccc(C(C)(C)C)cc1. The average molecular weight is 415 g/mol. The Labute approximate surface area is 180 Å². The first-order valence-electron chi connectivity index (χ1n) is 10.4. The Morgan fingerprint density at radius 2 is 1.60 bits per heavy atom. The monoisotopic (exact) mass is 414 g/mol. The van der Waals surface area contributed by atoms with Gasteiger partial charge in [-0.2, -0.15) is 0 Å². The van der Waals surface area contributed by atoms with E-state index in [0.717, 1.165) is 17.6 Å². The van der Waals surface area contributed by atoms with Gasteiger partial charge in [0, 0.05) is 6.42 Å². The summed E-state index contributed by atoms with van der Waals surface area (Å²) >= 11 is 0. The normalized spacial score (nSPS) is 12.5. The lowest BCUT2D eigenvalue weighted by atomic mass is 9.87. The van der Waals surface area contributed by atoms with Crippen LogP contribution in [0.5, 0.6) is 17.2 Å². The highest BCUT2D eigenvalue weighted by Gasteiger charge is 2.14. The second kappa shape index (κ2) is 11.0. The number of carbonyl (C=O) groups is 1. The molecule has 30 heavy (non-hydrogen) atoms. The maximum Gasteiger partial charge on any atom is 0.161 e. The zero-order valence-corrected chi connectivity index (χ0v) is 18.9. The van der Waals surface area contributed by atoms with E-state index in [1.54, 1.807) is 7.11 Å². The Morgan fingerprint density at radius 3 is 2.17 bits per heavy atom. The van der Waals surface area contributed by atoms with Crippen molar-refractivity contribution >= 4 is 6.29 Å². The molecule has 164 valence electrons. The van der Waals surface area contributed by atoms with Crippen LogP contribution in [0.4, 0.5) is 0 Å². The molecule has 0 spiro atoms. The second-order valence-corrected chi connectivity index (χ2v) is 8.52. The van der Waals surface area contributed by atoms with Crippen molar-refractivity contribution in [1.82, 2.24) is 0 Å². The molecule has 0 aliphatic heterocycles. The van der Waals surface area contributed by atoms with E-state index in [4.69, 9.17) is 18.9 Å². The number of benzene rings is 2. The first-order chi connectivity index (χ1) is 14.2. The highest BCUT2D eigenvalue weighted by atomic mass is 16.5. The van der Waals surface area contributed by atoms with E-state index >= 15 is 0 Å². The molecule has 0 N–H and O–H groups in total. The number of aldehydes is 1. The van der Waals surface area contributed by atoms with Crippen molar-refractivity contribution in [2.45, 2.75) is 58.7 Å². The van der Waals surface area contributed by atoms with Gasteiger partial charge in [0.15, 0.2) is 11.5 Å². The standard InChI is InChI=1S/C25H34O5/c1-18(2)30-22(17-26)15-19-7-12-23(27-6)24(16-19)29-14-13-28-21-10-8-20(9-11-21)25(3,4)5/h7-12,16-18,22H,13-15H2,1-6H3. The number of rotatable bonds is 11. The molecule has 0 bridgehead atoms.